The van der Waals surface area contributed by atoms with Gasteiger partial charge in [-0.1, -0.05) is 650 Å². The highest BCUT2D eigenvalue weighted by atomic mass is 14.2. The molecule has 0 unspecified atom stereocenters. The Morgan fingerprint density at radius 3 is 0.770 bits per heavy atom. The van der Waals surface area contributed by atoms with Gasteiger partial charge in [-0.2, -0.15) is 0 Å². The molecule has 0 aliphatic heterocycles. The van der Waals surface area contributed by atoms with Crippen LogP contribution in [0.2, 0.25) is 0 Å². The Balaban J connectivity index is -0.000000188. The lowest BCUT2D eigenvalue weighted by Gasteiger charge is -2.22. The van der Waals surface area contributed by atoms with Gasteiger partial charge in [0.1, 0.15) is 0 Å². The minimum Gasteiger partial charge on any atom is -0.0776 e. The normalized spacial score (nSPS) is 9.33. The molecule has 0 spiro atoms. The zero-order valence-electron chi connectivity index (χ0n) is 99.8. The summed E-state index contributed by atoms with van der Waals surface area (Å²) in [5.74, 6) is 1.65. The monoisotopic (exact) mass is 2010 g/mol. The van der Waals surface area contributed by atoms with Crippen molar-refractivity contribution in [2.24, 2.45) is 11.8 Å². The molecule has 148 heavy (non-hydrogen) atoms. The van der Waals surface area contributed by atoms with Crippen LogP contribution in [0.25, 0.3) is 99.4 Å². The predicted molar refractivity (Wildman–Crippen MR) is 701 cm³/mol. The second kappa shape index (κ2) is 99.9. The summed E-state index contributed by atoms with van der Waals surface area (Å²) < 4.78 is 0. The fourth-order valence-corrected chi connectivity index (χ4v) is 16.5. The van der Waals surface area contributed by atoms with E-state index in [1.807, 2.05) is 194 Å². The summed E-state index contributed by atoms with van der Waals surface area (Å²) in [6.07, 6.45) is 19.8. The molecule has 0 radical (unpaired) electrons. The van der Waals surface area contributed by atoms with E-state index in [1.54, 1.807) is 5.56 Å². The maximum Gasteiger partial charge on any atom is -0.0105 e. The molecule has 0 N–H and O–H groups in total. The molecule has 0 fully saturated rings. The molecule has 1 aliphatic rings. The molecule has 0 saturated carbocycles. The molecule has 0 bridgehead atoms. The van der Waals surface area contributed by atoms with Crippen LogP contribution in [0.3, 0.4) is 0 Å². The van der Waals surface area contributed by atoms with E-state index >= 15 is 0 Å². The van der Waals surface area contributed by atoms with Gasteiger partial charge in [-0.3, -0.25) is 0 Å². The minimum atomic E-state index is 0. The Hall–Kier alpha value is -10.4. The summed E-state index contributed by atoms with van der Waals surface area (Å²) in [7, 11) is 0. The summed E-state index contributed by atoms with van der Waals surface area (Å²) in [6, 6.07) is 107. The van der Waals surface area contributed by atoms with Gasteiger partial charge in [0.25, 0.3) is 0 Å². The van der Waals surface area contributed by atoms with Gasteiger partial charge >= 0.3 is 0 Å². The third kappa shape index (κ3) is 52.9. The first-order chi connectivity index (χ1) is 69.6. The molecule has 14 aromatic rings. The van der Waals surface area contributed by atoms with Crippen LogP contribution in [-0.4, -0.2) is 0 Å². The van der Waals surface area contributed by atoms with Crippen LogP contribution in [0.4, 0.5) is 0 Å². The van der Waals surface area contributed by atoms with E-state index in [4.69, 9.17) is 0 Å². The van der Waals surface area contributed by atoms with Gasteiger partial charge in [0, 0.05) is 0 Å². The van der Waals surface area contributed by atoms with E-state index in [1.165, 1.54) is 229 Å². The average molecular weight is 2020 g/mol. The first kappa shape index (κ1) is 158. The summed E-state index contributed by atoms with van der Waals surface area (Å²) in [5.41, 5.74) is 40.1. The van der Waals surface area contributed by atoms with Crippen molar-refractivity contribution < 1.29 is 0 Å². The van der Waals surface area contributed by atoms with Gasteiger partial charge in [-0.05, 0) is 281 Å². The molecule has 0 aromatic heterocycles. The summed E-state index contributed by atoms with van der Waals surface area (Å²) in [4.78, 5) is 0. The third-order valence-electron chi connectivity index (χ3n) is 24.3. The zero-order chi connectivity index (χ0) is 108. The van der Waals surface area contributed by atoms with Crippen molar-refractivity contribution in [2.45, 2.75) is 451 Å². The first-order valence-corrected chi connectivity index (χ1v) is 57.7. The largest absolute Gasteiger partial charge is 0.0776 e. The van der Waals surface area contributed by atoms with Gasteiger partial charge in [0.15, 0.2) is 0 Å². The molecule has 0 nitrogen and oxygen atoms in total. The average Bonchev–Trinajstić information content (AvgIpc) is 0.784. The van der Waals surface area contributed by atoms with Crippen LogP contribution >= 0.6 is 0 Å². The maximum absolute atomic E-state index is 2.47. The lowest BCUT2D eigenvalue weighted by atomic mass is 9.83. The Kier molecular flexibility index (Phi) is 106. The molecule has 15 rings (SSSR count). The van der Waals surface area contributed by atoms with Crippen LogP contribution < -0.4 is 0 Å². The minimum absolute atomic E-state index is 0. The van der Waals surface area contributed by atoms with Crippen molar-refractivity contribution in [3.8, 4) is 77.9 Å². The van der Waals surface area contributed by atoms with E-state index in [-0.39, 0.29) is 44.6 Å². The molecule has 0 atom stereocenters. The van der Waals surface area contributed by atoms with Crippen LogP contribution in [0, 0.1) is 25.7 Å². The Morgan fingerprint density at radius 1 is 0.169 bits per heavy atom. The predicted octanol–water partition coefficient (Wildman–Crippen LogP) is 50.3. The standard InChI is InChI=1S/3C24H26.C21H26.C21H24.14C2H6.6CH4/c1-4-18-7-10-21(11-8-18)22-12-14-23(15-13-22)24-16-9-19(5-2)17-20(24)6-3;1-4-18-7-9-21(10-8-18)22-12-14-23(15-13-22)24-16-11-19(5-2)20(6-3)17-24;1-4-18-7-9-21(10-8-18)22-11-13-23(14-12-22)24-16-19(5-2)15-20(6-3)17-24;2*1-4-16(5-2)13-17-7-11-21-19(14-17)9-8-18-12-15(3)6-10-20(18)21;14*1-2;;;;;;/h3*7-17H,4-6H2,1-3H3;6-7,10-12,14,16H,4-5,8-9,13H2,1-3H3;6-12,14,16H,4-5,13H2,1-3H3;14*1-2H3;6*1H4. The fourth-order valence-electron chi connectivity index (χ4n) is 16.5. The number of hydrogen-bond donors (Lipinski definition) is 0. The third-order valence-corrected chi connectivity index (χ3v) is 24.3. The number of hydrogen-bond acceptors (Lipinski definition) is 0. The smallest absolute Gasteiger partial charge is 0.0105 e. The Bertz CT molecular complexity index is 5320. The molecule has 0 amide bonds. The van der Waals surface area contributed by atoms with Gasteiger partial charge < -0.3 is 0 Å². The van der Waals surface area contributed by atoms with Crippen molar-refractivity contribution >= 4 is 21.5 Å². The van der Waals surface area contributed by atoms with Gasteiger partial charge in [0.05, 0.1) is 0 Å². The molecule has 1 aliphatic carbocycles. The topological polar surface area (TPSA) is 0 Å². The van der Waals surface area contributed by atoms with E-state index in [9.17, 15) is 0 Å². The molecule has 0 saturated heterocycles. The maximum atomic E-state index is 2.47. The van der Waals surface area contributed by atoms with Crippen molar-refractivity contribution in [1.82, 2.24) is 0 Å². The van der Waals surface area contributed by atoms with Crippen LogP contribution in [0.5, 0.6) is 0 Å². The van der Waals surface area contributed by atoms with Gasteiger partial charge in [0.2, 0.25) is 0 Å². The number of rotatable bonds is 23. The molecular formula is C148H236. The van der Waals surface area contributed by atoms with Crippen molar-refractivity contribution in [3.05, 3.63) is 369 Å². The van der Waals surface area contributed by atoms with Gasteiger partial charge in [-0.15, -0.1) is 0 Å². The highest BCUT2D eigenvalue weighted by Crippen LogP contribution is 2.38. The lowest BCUT2D eigenvalue weighted by molar-refractivity contribution is 0.490. The Morgan fingerprint density at radius 2 is 0.426 bits per heavy atom. The second-order valence-electron chi connectivity index (χ2n) is 31.8. The van der Waals surface area contributed by atoms with Gasteiger partial charge in [-0.25, -0.2) is 0 Å². The van der Waals surface area contributed by atoms with E-state index in [0.717, 1.165) is 69.6 Å². The lowest BCUT2D eigenvalue weighted by Crippen LogP contribution is -2.07. The molecule has 0 heterocycles. The van der Waals surface area contributed by atoms with E-state index in [2.05, 4.69) is 389 Å². The molecule has 828 valence electrons. The zero-order valence-corrected chi connectivity index (χ0v) is 99.8. The second-order valence-corrected chi connectivity index (χ2v) is 31.8. The Labute approximate surface area is 924 Å². The highest BCUT2D eigenvalue weighted by molar-refractivity contribution is 6.07. The number of fused-ring (bicyclic) bond motifs is 6. The van der Waals surface area contributed by atoms with Crippen molar-refractivity contribution in [2.75, 3.05) is 0 Å². The summed E-state index contributed by atoms with van der Waals surface area (Å²) >= 11 is 0. The first-order valence-electron chi connectivity index (χ1n) is 57.7. The SMILES string of the molecule is C.C.C.C.C.C.CC.CC.CC.CC.CC.CC.CC.CC.CC.CC.CC.CC.CC.CC.CCC(CC)Cc1ccc2c(c1)CCc1cc(C)ccc1-2.CCC(CC)Cc1ccc2c(ccc3cc(C)ccc32)c1.CCc1ccc(-c2ccc(-c3cc(CC)cc(CC)c3)cc2)cc1.CCc1ccc(-c2ccc(-c3ccc(CC)c(CC)c3)cc2)cc1.CCc1ccc(-c2ccc(-c3ccc(CC)cc3CC)cc2)cc1. The number of benzene rings is 14. The van der Waals surface area contributed by atoms with Crippen molar-refractivity contribution in [1.29, 1.82) is 0 Å². The van der Waals surface area contributed by atoms with Crippen molar-refractivity contribution in [3.63, 3.8) is 0 Å². The molecule has 14 aromatic carbocycles. The summed E-state index contributed by atoms with van der Waals surface area (Å²) in [6.45, 7) is 89.5. The quantitative estimate of drug-likeness (QED) is 0.0560. The molecule has 0 heteroatoms. The summed E-state index contributed by atoms with van der Waals surface area (Å²) in [5, 5.41) is 5.46. The molecular weight excluding hydrogens is 1780 g/mol. The van der Waals surface area contributed by atoms with Crippen LogP contribution in [0.15, 0.2) is 285 Å². The highest BCUT2D eigenvalue weighted by Gasteiger charge is 2.18. The van der Waals surface area contributed by atoms with E-state index < -0.39 is 0 Å². The van der Waals surface area contributed by atoms with Crippen LogP contribution in [0.1, 0.15) is 438 Å². The van der Waals surface area contributed by atoms with Crippen LogP contribution in [-0.2, 0) is 83.5 Å². The number of aryl methyl sites for hydroxylation is 13. The van der Waals surface area contributed by atoms with E-state index in [0.29, 0.717) is 0 Å². The fraction of sp³-hybridized carbons (Fsp3) is 0.459.